The molecule has 0 fully saturated rings. The van der Waals surface area contributed by atoms with E-state index in [1.54, 1.807) is 11.8 Å². The van der Waals surface area contributed by atoms with E-state index < -0.39 is 0 Å². The van der Waals surface area contributed by atoms with Crippen molar-refractivity contribution < 1.29 is 9.53 Å². The molecule has 19 heavy (non-hydrogen) atoms. The highest BCUT2D eigenvalue weighted by atomic mass is 32.2. The zero-order valence-electron chi connectivity index (χ0n) is 10.8. The first-order chi connectivity index (χ1) is 9.31. The van der Waals surface area contributed by atoms with E-state index in [9.17, 15) is 4.79 Å². The van der Waals surface area contributed by atoms with Crippen molar-refractivity contribution in [1.82, 2.24) is 0 Å². The minimum Gasteiger partial charge on any atom is -0.462 e. The highest BCUT2D eigenvalue weighted by molar-refractivity contribution is 7.98. The summed E-state index contributed by atoms with van der Waals surface area (Å²) < 4.78 is 5.07. The fraction of sp³-hybridized carbons (Fsp3) is 0.188. The Hall–Kier alpha value is -1.74. The van der Waals surface area contributed by atoms with Gasteiger partial charge < -0.3 is 4.74 Å². The molecular formula is C16H16O2S. The number of thioether (sulfide) groups is 1. The molecule has 0 N–H and O–H groups in total. The third kappa shape index (κ3) is 3.86. The number of benzene rings is 2. The van der Waals surface area contributed by atoms with Gasteiger partial charge in [0.1, 0.15) is 0 Å². The largest absolute Gasteiger partial charge is 0.462 e. The van der Waals surface area contributed by atoms with Crippen LogP contribution < -0.4 is 0 Å². The molecule has 0 aliphatic carbocycles. The Morgan fingerprint density at radius 3 is 2.47 bits per heavy atom. The van der Waals surface area contributed by atoms with Gasteiger partial charge in [0.25, 0.3) is 0 Å². The quantitative estimate of drug-likeness (QED) is 0.604. The van der Waals surface area contributed by atoms with Gasteiger partial charge in [0, 0.05) is 10.6 Å². The summed E-state index contributed by atoms with van der Waals surface area (Å²) in [7, 11) is 0. The topological polar surface area (TPSA) is 26.3 Å². The van der Waals surface area contributed by atoms with Gasteiger partial charge in [-0.25, -0.2) is 4.79 Å². The van der Waals surface area contributed by atoms with E-state index >= 15 is 0 Å². The monoisotopic (exact) mass is 272 g/mol. The van der Waals surface area contributed by atoms with Gasteiger partial charge in [-0.15, -0.1) is 11.8 Å². The van der Waals surface area contributed by atoms with Crippen LogP contribution >= 0.6 is 11.8 Å². The van der Waals surface area contributed by atoms with Gasteiger partial charge in [0.05, 0.1) is 12.2 Å². The average molecular weight is 272 g/mol. The van der Waals surface area contributed by atoms with Crippen molar-refractivity contribution in [1.29, 1.82) is 0 Å². The maximum atomic E-state index is 11.8. The van der Waals surface area contributed by atoms with E-state index in [1.807, 2.05) is 49.4 Å². The Balaban J connectivity index is 2.10. The predicted molar refractivity (Wildman–Crippen MR) is 78.4 cm³/mol. The highest BCUT2D eigenvalue weighted by Gasteiger charge is 2.11. The number of esters is 1. The van der Waals surface area contributed by atoms with Crippen LogP contribution in [0, 0.1) is 0 Å². The van der Waals surface area contributed by atoms with Crippen LogP contribution in [0.4, 0.5) is 0 Å². The molecule has 2 aromatic rings. The van der Waals surface area contributed by atoms with Crippen LogP contribution in [-0.4, -0.2) is 12.6 Å². The molecule has 0 bridgehead atoms. The van der Waals surface area contributed by atoms with E-state index in [4.69, 9.17) is 4.74 Å². The molecular weight excluding hydrogens is 256 g/mol. The number of rotatable bonds is 5. The second-order valence-corrected chi connectivity index (χ2v) is 5.03. The molecule has 0 saturated heterocycles. The Bertz CT molecular complexity index is 537. The fourth-order valence-corrected chi connectivity index (χ4v) is 2.66. The van der Waals surface area contributed by atoms with Crippen LogP contribution in [0.25, 0.3) is 0 Å². The maximum Gasteiger partial charge on any atom is 0.338 e. The Morgan fingerprint density at radius 2 is 1.74 bits per heavy atom. The van der Waals surface area contributed by atoms with Crippen molar-refractivity contribution >= 4 is 17.7 Å². The third-order valence-electron chi connectivity index (χ3n) is 2.65. The van der Waals surface area contributed by atoms with Gasteiger partial charge in [0.2, 0.25) is 0 Å². The average Bonchev–Trinajstić information content (AvgIpc) is 2.47. The number of carbonyl (C=O) groups excluding carboxylic acids is 1. The van der Waals surface area contributed by atoms with E-state index in [1.165, 1.54) is 4.90 Å². The molecule has 0 amide bonds. The summed E-state index contributed by atoms with van der Waals surface area (Å²) in [4.78, 5) is 13.0. The molecule has 2 aromatic carbocycles. The fourth-order valence-electron chi connectivity index (χ4n) is 1.73. The highest BCUT2D eigenvalue weighted by Crippen LogP contribution is 2.24. The van der Waals surface area contributed by atoms with E-state index in [0.717, 1.165) is 11.3 Å². The van der Waals surface area contributed by atoms with E-state index in [2.05, 4.69) is 12.1 Å². The molecule has 3 heteroatoms. The summed E-state index contributed by atoms with van der Waals surface area (Å²) >= 11 is 1.72. The first kappa shape index (κ1) is 13.7. The third-order valence-corrected chi connectivity index (χ3v) is 3.71. The molecule has 0 heterocycles. The zero-order valence-corrected chi connectivity index (χ0v) is 11.7. The number of hydrogen-bond donors (Lipinski definition) is 0. The van der Waals surface area contributed by atoms with Crippen molar-refractivity contribution in [3.63, 3.8) is 0 Å². The van der Waals surface area contributed by atoms with Crippen LogP contribution in [0.15, 0.2) is 59.5 Å². The van der Waals surface area contributed by atoms with Gasteiger partial charge >= 0.3 is 5.97 Å². The smallest absolute Gasteiger partial charge is 0.338 e. The summed E-state index contributed by atoms with van der Waals surface area (Å²) in [6.07, 6.45) is 0. The summed E-state index contributed by atoms with van der Waals surface area (Å²) in [6.45, 7) is 2.22. The Labute approximate surface area is 117 Å². The minimum atomic E-state index is -0.244. The van der Waals surface area contributed by atoms with Crippen molar-refractivity contribution in [2.45, 2.75) is 17.6 Å². The SMILES string of the molecule is CCOC(=O)c1ccccc1CSc1ccccc1. The lowest BCUT2D eigenvalue weighted by Gasteiger charge is -2.08. The van der Waals surface area contributed by atoms with E-state index in [0.29, 0.717) is 12.2 Å². The standard InChI is InChI=1S/C16H16O2S/c1-2-18-16(17)15-11-7-6-8-13(15)12-19-14-9-4-3-5-10-14/h3-11H,2,12H2,1H3. The minimum absolute atomic E-state index is 0.244. The molecule has 0 unspecified atom stereocenters. The normalized spacial score (nSPS) is 10.2. The van der Waals surface area contributed by atoms with Crippen LogP contribution in [0.2, 0.25) is 0 Å². The van der Waals surface area contributed by atoms with Gasteiger partial charge in [-0.2, -0.15) is 0 Å². The van der Waals surface area contributed by atoms with Gasteiger partial charge in [0.15, 0.2) is 0 Å². The van der Waals surface area contributed by atoms with Gasteiger partial charge in [-0.1, -0.05) is 36.4 Å². The number of ether oxygens (including phenoxy) is 1. The lowest BCUT2D eigenvalue weighted by molar-refractivity contribution is 0.0525. The Morgan fingerprint density at radius 1 is 1.05 bits per heavy atom. The molecule has 0 atom stereocenters. The molecule has 0 aliphatic heterocycles. The molecule has 0 saturated carbocycles. The maximum absolute atomic E-state index is 11.8. The molecule has 0 aliphatic rings. The zero-order chi connectivity index (χ0) is 13.5. The lowest BCUT2D eigenvalue weighted by Crippen LogP contribution is -2.07. The molecule has 2 nitrogen and oxygen atoms in total. The van der Waals surface area contributed by atoms with Crippen LogP contribution in [-0.2, 0) is 10.5 Å². The summed E-state index contributed by atoms with van der Waals surface area (Å²) in [6, 6.07) is 17.8. The summed E-state index contributed by atoms with van der Waals surface area (Å²) in [5.41, 5.74) is 1.67. The molecule has 0 spiro atoms. The van der Waals surface area contributed by atoms with Gasteiger partial charge in [-0.05, 0) is 30.7 Å². The molecule has 2 rings (SSSR count). The Kier molecular flexibility index (Phi) is 5.04. The van der Waals surface area contributed by atoms with Crippen molar-refractivity contribution in [3.8, 4) is 0 Å². The molecule has 0 aromatic heterocycles. The second kappa shape index (κ2) is 7.00. The molecule has 0 radical (unpaired) electrons. The van der Waals surface area contributed by atoms with Crippen LogP contribution in [0.5, 0.6) is 0 Å². The first-order valence-corrected chi connectivity index (χ1v) is 7.22. The van der Waals surface area contributed by atoms with Crippen molar-refractivity contribution in [2.75, 3.05) is 6.61 Å². The van der Waals surface area contributed by atoms with Crippen LogP contribution in [0.3, 0.4) is 0 Å². The van der Waals surface area contributed by atoms with Crippen molar-refractivity contribution in [3.05, 3.63) is 65.7 Å². The summed E-state index contributed by atoms with van der Waals surface area (Å²) in [5, 5.41) is 0. The van der Waals surface area contributed by atoms with Gasteiger partial charge in [-0.3, -0.25) is 0 Å². The van der Waals surface area contributed by atoms with Crippen LogP contribution in [0.1, 0.15) is 22.8 Å². The number of hydrogen-bond acceptors (Lipinski definition) is 3. The number of carbonyl (C=O) groups is 1. The van der Waals surface area contributed by atoms with Crippen molar-refractivity contribution in [2.24, 2.45) is 0 Å². The molecule has 98 valence electrons. The first-order valence-electron chi connectivity index (χ1n) is 6.24. The second-order valence-electron chi connectivity index (χ2n) is 3.98. The lowest BCUT2D eigenvalue weighted by atomic mass is 10.1. The van der Waals surface area contributed by atoms with E-state index in [-0.39, 0.29) is 5.97 Å². The summed E-state index contributed by atoms with van der Waals surface area (Å²) in [5.74, 6) is 0.519. The predicted octanol–water partition coefficient (Wildman–Crippen LogP) is 4.16.